The molecular formula is C17H21ClN4O3. The number of H-pyrrole nitrogens is 1. The van der Waals surface area contributed by atoms with Crippen molar-refractivity contribution in [3.05, 3.63) is 55.2 Å². The van der Waals surface area contributed by atoms with Gasteiger partial charge in [-0.2, -0.15) is 0 Å². The average Bonchev–Trinajstić information content (AvgIpc) is 2.52. The van der Waals surface area contributed by atoms with Crippen LogP contribution in [0.2, 0.25) is 5.02 Å². The highest BCUT2D eigenvalue weighted by Crippen LogP contribution is 2.20. The predicted octanol–water partition coefficient (Wildman–Crippen LogP) is -0.485. The van der Waals surface area contributed by atoms with E-state index < -0.39 is 17.1 Å². The van der Waals surface area contributed by atoms with Crippen LogP contribution >= 0.6 is 11.6 Å². The van der Waals surface area contributed by atoms with E-state index >= 15 is 0 Å². The fourth-order valence-electron chi connectivity index (χ4n) is 2.28. The van der Waals surface area contributed by atoms with E-state index in [1.54, 1.807) is 12.1 Å². The number of aromatic nitrogens is 2. The summed E-state index contributed by atoms with van der Waals surface area (Å²) >= 11 is 6.07. The van der Waals surface area contributed by atoms with Gasteiger partial charge in [0.05, 0.1) is 31.9 Å². The van der Waals surface area contributed by atoms with Gasteiger partial charge in [-0.1, -0.05) is 17.7 Å². The molecule has 134 valence electrons. The van der Waals surface area contributed by atoms with Crippen LogP contribution in [0.5, 0.6) is 5.88 Å². The van der Waals surface area contributed by atoms with Crippen molar-refractivity contribution in [2.24, 2.45) is 4.99 Å². The smallest absolute Gasteiger partial charge is 0.332 e. The molecule has 0 spiro atoms. The fraction of sp³-hybridized carbons (Fsp3) is 0.353. The molecule has 0 radical (unpaired) electrons. The average molecular weight is 365 g/mol. The number of nitrogens with zero attached hydrogens (tertiary/aromatic N) is 2. The highest BCUT2D eigenvalue weighted by molar-refractivity contribution is 6.31. The van der Waals surface area contributed by atoms with E-state index in [1.807, 2.05) is 21.0 Å². The molecule has 1 heterocycles. The molecule has 0 aliphatic rings. The van der Waals surface area contributed by atoms with Crippen LogP contribution in [0.15, 0.2) is 32.8 Å². The summed E-state index contributed by atoms with van der Waals surface area (Å²) in [6.07, 6.45) is 2.07. The van der Waals surface area contributed by atoms with Gasteiger partial charge < -0.3 is 10.0 Å². The number of aryl methyl sites for hydroxylation is 1. The van der Waals surface area contributed by atoms with E-state index in [4.69, 9.17) is 11.6 Å². The maximum absolute atomic E-state index is 12.6. The number of hydrogen-bond acceptors (Lipinski definition) is 4. The molecule has 0 fully saturated rings. The minimum atomic E-state index is -0.803. The number of quaternary nitrogens is 1. The van der Waals surface area contributed by atoms with Crippen LogP contribution in [-0.4, -0.2) is 43.0 Å². The summed E-state index contributed by atoms with van der Waals surface area (Å²) in [6.45, 7) is 3.24. The summed E-state index contributed by atoms with van der Waals surface area (Å²) in [6, 6.07) is 4.81. The van der Waals surface area contributed by atoms with Crippen molar-refractivity contribution >= 4 is 17.8 Å². The van der Waals surface area contributed by atoms with Crippen molar-refractivity contribution in [2.45, 2.75) is 13.3 Å². The second-order valence-electron chi connectivity index (χ2n) is 6.09. The fourth-order valence-corrected chi connectivity index (χ4v) is 2.45. The second-order valence-corrected chi connectivity index (χ2v) is 6.50. The van der Waals surface area contributed by atoms with Crippen molar-refractivity contribution < 1.29 is 10.0 Å². The summed E-state index contributed by atoms with van der Waals surface area (Å²) in [5.41, 5.74) is -0.601. The Morgan fingerprint density at radius 2 is 2.08 bits per heavy atom. The van der Waals surface area contributed by atoms with E-state index in [9.17, 15) is 14.7 Å². The molecule has 0 saturated carbocycles. The van der Waals surface area contributed by atoms with Gasteiger partial charge in [-0.25, -0.2) is 4.79 Å². The lowest BCUT2D eigenvalue weighted by Gasteiger charge is -2.18. The standard InChI is InChI=1S/C17H21ClN4O3/c1-11-5-6-12(9-14(11)18)22-16(24)13(15(23)20-17(22)25)10-19-7-4-8-21(2)3/h5-6,9-10,24H,4,7-8H2,1-3H3,(H,20,23,25). The monoisotopic (exact) mass is 364 g/mol. The van der Waals surface area contributed by atoms with Crippen LogP contribution in [0.3, 0.4) is 0 Å². The van der Waals surface area contributed by atoms with Gasteiger partial charge in [-0.3, -0.25) is 19.3 Å². The number of halogens is 1. The molecule has 25 heavy (non-hydrogen) atoms. The maximum atomic E-state index is 12.6. The first-order valence-electron chi connectivity index (χ1n) is 7.93. The van der Waals surface area contributed by atoms with Gasteiger partial charge in [0.25, 0.3) is 5.56 Å². The van der Waals surface area contributed by atoms with E-state index in [-0.39, 0.29) is 5.56 Å². The molecule has 7 nitrogen and oxygen atoms in total. The molecule has 0 aliphatic carbocycles. The molecule has 0 bridgehead atoms. The van der Waals surface area contributed by atoms with Crippen LogP contribution < -0.4 is 21.3 Å². The first-order valence-corrected chi connectivity index (χ1v) is 8.30. The Morgan fingerprint density at radius 3 is 2.72 bits per heavy atom. The minimum Gasteiger partial charge on any atom is -0.859 e. The van der Waals surface area contributed by atoms with Crippen molar-refractivity contribution in [1.82, 2.24) is 9.55 Å². The second kappa shape index (κ2) is 8.13. The Labute approximate surface area is 150 Å². The Kier molecular flexibility index (Phi) is 6.17. The first-order chi connectivity index (χ1) is 11.8. The summed E-state index contributed by atoms with van der Waals surface area (Å²) < 4.78 is 0.887. The predicted molar refractivity (Wildman–Crippen MR) is 96.6 cm³/mol. The highest BCUT2D eigenvalue weighted by Gasteiger charge is 2.09. The van der Waals surface area contributed by atoms with Gasteiger partial charge in [0.2, 0.25) is 0 Å². The molecule has 0 aliphatic heterocycles. The first kappa shape index (κ1) is 19.0. The van der Waals surface area contributed by atoms with Gasteiger partial charge in [-0.15, -0.1) is 0 Å². The summed E-state index contributed by atoms with van der Waals surface area (Å²) in [7, 11) is 4.07. The molecule has 0 unspecified atom stereocenters. The Hall–Kier alpha value is -2.38. The third-order valence-corrected chi connectivity index (χ3v) is 4.11. The largest absolute Gasteiger partial charge is 0.859 e. The molecule has 0 atom stereocenters. The summed E-state index contributed by atoms with van der Waals surface area (Å²) in [4.78, 5) is 31.6. The van der Waals surface area contributed by atoms with E-state index in [0.717, 1.165) is 23.1 Å². The third-order valence-electron chi connectivity index (χ3n) is 3.70. The number of rotatable bonds is 6. The lowest BCUT2D eigenvalue weighted by Crippen LogP contribution is -3.05. The van der Waals surface area contributed by atoms with E-state index in [2.05, 4.69) is 9.98 Å². The SMILES string of the molecule is Cc1ccc(-n2c([O-])c(C=NCCC[NH+](C)C)c(=O)[nH]c2=O)cc1Cl. The van der Waals surface area contributed by atoms with Crippen LogP contribution in [0, 0.1) is 6.92 Å². The Bertz CT molecular complexity index is 900. The number of nitrogens with one attached hydrogen (secondary N) is 2. The molecule has 2 aromatic rings. The van der Waals surface area contributed by atoms with Gasteiger partial charge in [0, 0.05) is 24.2 Å². The lowest BCUT2D eigenvalue weighted by molar-refractivity contribution is -0.858. The van der Waals surface area contributed by atoms with Gasteiger partial charge in [0.15, 0.2) is 0 Å². The summed E-state index contributed by atoms with van der Waals surface area (Å²) in [5, 5.41) is 13.0. The molecular weight excluding hydrogens is 344 g/mol. The number of aromatic amines is 1. The van der Waals surface area contributed by atoms with E-state index in [0.29, 0.717) is 17.3 Å². The van der Waals surface area contributed by atoms with Gasteiger partial charge in [-0.05, 0) is 30.5 Å². The van der Waals surface area contributed by atoms with Crippen molar-refractivity contribution in [3.63, 3.8) is 0 Å². The lowest BCUT2D eigenvalue weighted by atomic mass is 10.2. The topological polar surface area (TPSA) is 94.7 Å². The van der Waals surface area contributed by atoms with Crippen LogP contribution in [-0.2, 0) is 0 Å². The quantitative estimate of drug-likeness (QED) is 0.535. The highest BCUT2D eigenvalue weighted by atomic mass is 35.5. The molecule has 2 N–H and O–H groups in total. The molecule has 2 rings (SSSR count). The molecule has 1 aromatic carbocycles. The van der Waals surface area contributed by atoms with Crippen LogP contribution in [0.4, 0.5) is 0 Å². The van der Waals surface area contributed by atoms with Gasteiger partial charge in [0.1, 0.15) is 0 Å². The third kappa shape index (κ3) is 4.58. The molecule has 0 amide bonds. The molecule has 1 aromatic heterocycles. The maximum Gasteiger partial charge on any atom is 0.332 e. The Balaban J connectivity index is 2.39. The summed E-state index contributed by atoms with van der Waals surface area (Å²) in [5.74, 6) is -0.712. The number of benzene rings is 1. The van der Waals surface area contributed by atoms with Crippen LogP contribution in [0.1, 0.15) is 17.5 Å². The molecule has 8 heteroatoms. The van der Waals surface area contributed by atoms with Crippen molar-refractivity contribution in [2.75, 3.05) is 27.2 Å². The Morgan fingerprint density at radius 1 is 1.36 bits per heavy atom. The normalized spacial score (nSPS) is 11.6. The van der Waals surface area contributed by atoms with Crippen molar-refractivity contribution in [3.8, 4) is 11.6 Å². The van der Waals surface area contributed by atoms with Crippen LogP contribution in [0.25, 0.3) is 5.69 Å². The zero-order chi connectivity index (χ0) is 18.6. The zero-order valence-electron chi connectivity index (χ0n) is 14.4. The minimum absolute atomic E-state index is 0.173. The number of hydrogen-bond donors (Lipinski definition) is 2. The molecule has 0 saturated heterocycles. The van der Waals surface area contributed by atoms with Crippen molar-refractivity contribution in [1.29, 1.82) is 0 Å². The zero-order valence-corrected chi connectivity index (χ0v) is 15.2. The number of aliphatic imine (C=N–C) groups is 1. The van der Waals surface area contributed by atoms with E-state index in [1.165, 1.54) is 17.2 Å². The van der Waals surface area contributed by atoms with Gasteiger partial charge >= 0.3 is 5.69 Å².